The molecule has 17 heteroatoms. The van der Waals surface area contributed by atoms with E-state index in [2.05, 4.69) is 43.8 Å². The molecule has 1 saturated heterocycles. The molecule has 1 aliphatic heterocycles. The van der Waals surface area contributed by atoms with Crippen LogP contribution in [0.1, 0.15) is 83.5 Å². The monoisotopic (exact) mass is 706 g/mol. The average molecular weight is 707 g/mol. The number of piperidine rings is 1. The number of ether oxygens (including phenoxy) is 1. The molecule has 3 atom stereocenters. The molecule has 0 radical (unpaired) electrons. The van der Waals surface area contributed by atoms with Gasteiger partial charge >= 0.3 is 18.4 Å². The first-order chi connectivity index (χ1) is 21.8. The molecule has 0 bridgehead atoms. The van der Waals surface area contributed by atoms with Gasteiger partial charge in [-0.05, 0) is 50.9 Å². The van der Waals surface area contributed by atoms with Crippen molar-refractivity contribution in [2.75, 3.05) is 6.61 Å². The molecule has 3 aromatic rings. The van der Waals surface area contributed by atoms with Crippen LogP contribution in [0.15, 0.2) is 29.1 Å². The third kappa shape index (κ3) is 6.77. The zero-order valence-electron chi connectivity index (χ0n) is 27.7. The minimum Gasteiger partial charge on any atom is -0.491 e. The number of likely N-dealkylation sites (tertiary alicyclic amines) is 1. The van der Waals surface area contributed by atoms with E-state index in [1.165, 1.54) is 23.9 Å². The number of amides is 1. The fourth-order valence-electron chi connectivity index (χ4n) is 6.69. The summed E-state index contributed by atoms with van der Waals surface area (Å²) < 4.78 is 102. The number of benzene rings is 1. The van der Waals surface area contributed by atoms with Gasteiger partial charge in [0.2, 0.25) is 5.89 Å². The van der Waals surface area contributed by atoms with Crippen LogP contribution in [-0.4, -0.2) is 68.4 Å². The van der Waals surface area contributed by atoms with Crippen LogP contribution in [0.5, 0.6) is 5.75 Å². The van der Waals surface area contributed by atoms with Gasteiger partial charge < -0.3 is 28.4 Å². The molecule has 3 heterocycles. The largest absolute Gasteiger partial charge is 0.491 e. The highest BCUT2D eigenvalue weighted by Gasteiger charge is 2.51. The normalized spacial score (nSPS) is 27.3. The summed E-state index contributed by atoms with van der Waals surface area (Å²) in [7, 11) is -2.13. The Morgan fingerprint density at radius 1 is 1.08 bits per heavy atom. The Balaban J connectivity index is 1.39. The second kappa shape index (κ2) is 11.6. The summed E-state index contributed by atoms with van der Waals surface area (Å²) in [5.74, 6) is -0.896. The Kier molecular flexibility index (Phi) is 8.73. The lowest BCUT2D eigenvalue weighted by Gasteiger charge is -2.52. The summed E-state index contributed by atoms with van der Waals surface area (Å²) in [6.45, 7) is 13.5. The topological polar surface area (TPSA) is 123 Å². The first-order valence-electron chi connectivity index (χ1n) is 15.5. The molecule has 0 spiro atoms. The van der Waals surface area contributed by atoms with Gasteiger partial charge in [-0.2, -0.15) is 26.3 Å². The lowest BCUT2D eigenvalue weighted by molar-refractivity contribution is -0.141. The molecule has 2 N–H and O–H groups in total. The Hall–Kier alpha value is -3.31. The summed E-state index contributed by atoms with van der Waals surface area (Å²) >= 11 is 0. The maximum Gasteiger partial charge on any atom is 0.436 e. The van der Waals surface area contributed by atoms with Crippen molar-refractivity contribution in [3.63, 3.8) is 0 Å². The number of alkyl halides is 6. The van der Waals surface area contributed by atoms with Crippen molar-refractivity contribution in [1.82, 2.24) is 19.4 Å². The van der Waals surface area contributed by atoms with E-state index < -0.39 is 80.2 Å². The summed E-state index contributed by atoms with van der Waals surface area (Å²) in [6, 6.07) is -0.269. The molecular weight excluding hydrogens is 666 g/mol. The third-order valence-corrected chi connectivity index (χ3v) is 14.5. The quantitative estimate of drug-likeness (QED) is 0.187. The number of hydrogen-bond donors (Lipinski definition) is 2. The molecular formula is C31H40F6N4O6Si. The third-order valence-electron chi connectivity index (χ3n) is 9.91. The Morgan fingerprint density at radius 2 is 1.73 bits per heavy atom. The highest BCUT2D eigenvalue weighted by Crippen LogP contribution is 2.51. The predicted octanol–water partition coefficient (Wildman–Crippen LogP) is 7.97. The summed E-state index contributed by atoms with van der Waals surface area (Å²) in [5, 5.41) is 21.1. The van der Waals surface area contributed by atoms with Crippen LogP contribution in [0.3, 0.4) is 0 Å². The number of aromatic nitrogens is 3. The number of carboxylic acid groups (broad SMARTS) is 1. The van der Waals surface area contributed by atoms with E-state index in [1.54, 1.807) is 0 Å². The zero-order valence-corrected chi connectivity index (χ0v) is 28.7. The molecule has 1 aliphatic carbocycles. The first-order valence-corrected chi connectivity index (χ1v) is 18.4. The van der Waals surface area contributed by atoms with Crippen molar-refractivity contribution in [1.29, 1.82) is 0 Å². The van der Waals surface area contributed by atoms with Gasteiger partial charge in [-0.3, -0.25) is 4.90 Å². The van der Waals surface area contributed by atoms with E-state index in [1.807, 2.05) is 6.92 Å². The molecule has 0 unspecified atom stereocenters. The second-order valence-corrected chi connectivity index (χ2v) is 19.6. The number of fused-ring (bicyclic) bond motifs is 1. The van der Waals surface area contributed by atoms with E-state index in [9.17, 15) is 41.4 Å². The average Bonchev–Trinajstić information content (AvgIpc) is 3.56. The van der Waals surface area contributed by atoms with E-state index in [-0.39, 0.29) is 34.3 Å². The van der Waals surface area contributed by atoms with Crippen molar-refractivity contribution < 1.29 is 54.9 Å². The van der Waals surface area contributed by atoms with Crippen LogP contribution in [0.2, 0.25) is 18.1 Å². The minimum atomic E-state index is -4.84. The van der Waals surface area contributed by atoms with E-state index >= 15 is 0 Å². The molecule has 2 fully saturated rings. The maximum atomic E-state index is 14.5. The van der Waals surface area contributed by atoms with Gasteiger partial charge in [-0.1, -0.05) is 20.8 Å². The van der Waals surface area contributed by atoms with Gasteiger partial charge in [-0.25, -0.2) is 14.8 Å². The van der Waals surface area contributed by atoms with E-state index in [0.29, 0.717) is 19.1 Å². The lowest BCUT2D eigenvalue weighted by Crippen LogP contribution is -2.57. The van der Waals surface area contributed by atoms with Gasteiger partial charge in [-0.15, -0.1) is 0 Å². The highest BCUT2D eigenvalue weighted by atomic mass is 28.4. The Bertz CT molecular complexity index is 1680. The summed E-state index contributed by atoms with van der Waals surface area (Å²) in [6.07, 6.45) is -9.14. The van der Waals surface area contributed by atoms with E-state index in [0.717, 1.165) is 11.0 Å². The SMILES string of the molecule is C[C@H]1C[C@@](O)(c2nc(C(F)(F)F)co2)C[C@@H](COc2cc(C(F)(F)F)c3c(c2)ncn3C2CC(C)(O[Si](C)(C)C(C)(C)C)C2)N1C(=O)O. The molecule has 48 heavy (non-hydrogen) atoms. The Morgan fingerprint density at radius 3 is 2.27 bits per heavy atom. The molecule has 266 valence electrons. The Labute approximate surface area is 274 Å². The van der Waals surface area contributed by atoms with Gasteiger partial charge in [0.25, 0.3) is 0 Å². The zero-order chi connectivity index (χ0) is 35.8. The summed E-state index contributed by atoms with van der Waals surface area (Å²) in [4.78, 5) is 20.7. The molecule has 2 aromatic heterocycles. The fraction of sp³-hybridized carbons (Fsp3) is 0.645. The molecule has 1 amide bonds. The van der Waals surface area contributed by atoms with Gasteiger partial charge in [0.1, 0.15) is 24.2 Å². The molecule has 5 rings (SSSR count). The van der Waals surface area contributed by atoms with Crippen LogP contribution in [0.25, 0.3) is 11.0 Å². The number of oxazole rings is 1. The number of nitrogens with zero attached hydrogens (tertiary/aromatic N) is 4. The van der Waals surface area contributed by atoms with Crippen molar-refractivity contribution in [2.24, 2.45) is 0 Å². The number of aliphatic hydroxyl groups is 1. The maximum absolute atomic E-state index is 14.5. The van der Waals surface area contributed by atoms with Crippen LogP contribution >= 0.6 is 0 Å². The van der Waals surface area contributed by atoms with Gasteiger partial charge in [0.05, 0.1) is 34.6 Å². The fourth-order valence-corrected chi connectivity index (χ4v) is 8.40. The smallest absolute Gasteiger partial charge is 0.436 e. The standard InChI is InChI=1S/C31H40F6N4O6Si/c1-17-10-29(44,25-39-23(15-46-25)31(35,36)37)13-19(41(17)26(42)43)14-45-20-8-21(30(32,33)34)24-22(9-20)38-16-40(24)18-11-28(5,12-18)47-48(6,7)27(2,3)4/h8-9,15-19,44H,10-14H2,1-7H3,(H,42,43)/t17-,18?,19-,28?,29-/m0/s1. The minimum absolute atomic E-state index is 0.0156. The highest BCUT2D eigenvalue weighted by molar-refractivity contribution is 6.74. The van der Waals surface area contributed by atoms with Crippen molar-refractivity contribution >= 4 is 25.4 Å². The van der Waals surface area contributed by atoms with Crippen molar-refractivity contribution in [3.8, 4) is 5.75 Å². The predicted molar refractivity (Wildman–Crippen MR) is 163 cm³/mol. The van der Waals surface area contributed by atoms with Crippen molar-refractivity contribution in [2.45, 2.75) is 120 Å². The lowest BCUT2D eigenvalue weighted by atomic mass is 9.77. The number of carbonyl (C=O) groups is 1. The number of halogens is 6. The molecule has 1 aromatic carbocycles. The van der Waals surface area contributed by atoms with Crippen LogP contribution in [0, 0.1) is 0 Å². The van der Waals surface area contributed by atoms with Gasteiger partial charge in [0, 0.05) is 31.0 Å². The van der Waals surface area contributed by atoms with Crippen LogP contribution < -0.4 is 4.74 Å². The van der Waals surface area contributed by atoms with Crippen LogP contribution in [-0.2, 0) is 22.4 Å². The molecule has 2 aliphatic rings. The van der Waals surface area contributed by atoms with Crippen molar-refractivity contribution in [3.05, 3.63) is 41.9 Å². The molecule has 1 saturated carbocycles. The number of imidazole rings is 1. The second-order valence-electron chi connectivity index (χ2n) is 14.8. The van der Waals surface area contributed by atoms with E-state index in [4.69, 9.17) is 13.6 Å². The first kappa shape index (κ1) is 36.0. The molecule has 10 nitrogen and oxygen atoms in total. The number of hydrogen-bond acceptors (Lipinski definition) is 7. The summed E-state index contributed by atoms with van der Waals surface area (Å²) in [5.41, 5.74) is -5.05. The number of rotatable bonds is 7. The van der Waals surface area contributed by atoms with Gasteiger partial charge in [0.15, 0.2) is 14.0 Å². The van der Waals surface area contributed by atoms with Crippen LogP contribution in [0.4, 0.5) is 31.1 Å².